The van der Waals surface area contributed by atoms with Gasteiger partial charge in [-0.3, -0.25) is 9.59 Å². The quantitative estimate of drug-likeness (QED) is 0.699. The molecule has 2 N–H and O–H groups in total. The SMILES string of the molecule is CCCN(CC(=O)NC)C(=O)c1cn(C2CNC2)nn1. The van der Waals surface area contributed by atoms with Gasteiger partial charge in [0, 0.05) is 26.7 Å². The van der Waals surface area contributed by atoms with Crippen LogP contribution in [0.1, 0.15) is 29.9 Å². The molecule has 2 heterocycles. The molecule has 1 saturated heterocycles. The molecule has 1 fully saturated rings. The number of amides is 2. The zero-order chi connectivity index (χ0) is 14.5. The van der Waals surface area contributed by atoms with Gasteiger partial charge in [-0.25, -0.2) is 4.68 Å². The zero-order valence-electron chi connectivity index (χ0n) is 11.8. The Balaban J connectivity index is 2.05. The van der Waals surface area contributed by atoms with Gasteiger partial charge in [-0.05, 0) is 6.42 Å². The molecule has 20 heavy (non-hydrogen) atoms. The van der Waals surface area contributed by atoms with Gasteiger partial charge in [0.25, 0.3) is 5.91 Å². The number of aromatic nitrogens is 3. The molecule has 0 aromatic carbocycles. The lowest BCUT2D eigenvalue weighted by atomic mass is 10.2. The van der Waals surface area contributed by atoms with E-state index in [0.717, 1.165) is 19.5 Å². The molecule has 0 radical (unpaired) electrons. The van der Waals surface area contributed by atoms with Gasteiger partial charge in [0.05, 0.1) is 18.8 Å². The molecular formula is C12H20N6O2. The highest BCUT2D eigenvalue weighted by atomic mass is 16.2. The summed E-state index contributed by atoms with van der Waals surface area (Å²) in [6.07, 6.45) is 2.43. The van der Waals surface area contributed by atoms with Gasteiger partial charge in [0.1, 0.15) is 0 Å². The van der Waals surface area contributed by atoms with Crippen molar-refractivity contribution in [3.8, 4) is 0 Å². The van der Waals surface area contributed by atoms with Gasteiger partial charge in [0.2, 0.25) is 5.91 Å². The molecule has 1 aromatic rings. The summed E-state index contributed by atoms with van der Waals surface area (Å²) < 4.78 is 1.70. The molecule has 1 aromatic heterocycles. The fraction of sp³-hybridized carbons (Fsp3) is 0.667. The van der Waals surface area contributed by atoms with Gasteiger partial charge in [-0.15, -0.1) is 5.10 Å². The Morgan fingerprint density at radius 3 is 2.85 bits per heavy atom. The third kappa shape index (κ3) is 3.13. The van der Waals surface area contributed by atoms with Crippen LogP contribution in [0.4, 0.5) is 0 Å². The third-order valence-corrected chi connectivity index (χ3v) is 3.26. The zero-order valence-corrected chi connectivity index (χ0v) is 11.8. The fourth-order valence-corrected chi connectivity index (χ4v) is 1.95. The lowest BCUT2D eigenvalue weighted by Crippen LogP contribution is -2.43. The molecule has 1 aliphatic heterocycles. The molecule has 8 nitrogen and oxygen atoms in total. The fourth-order valence-electron chi connectivity index (χ4n) is 1.95. The number of carbonyl (C=O) groups excluding carboxylic acids is 2. The number of hydrogen-bond acceptors (Lipinski definition) is 5. The first-order chi connectivity index (χ1) is 9.65. The van der Waals surface area contributed by atoms with E-state index in [9.17, 15) is 9.59 Å². The Bertz CT molecular complexity index is 482. The molecular weight excluding hydrogens is 260 g/mol. The van der Waals surface area contributed by atoms with Crippen molar-refractivity contribution in [3.63, 3.8) is 0 Å². The van der Waals surface area contributed by atoms with Crippen molar-refractivity contribution in [1.82, 2.24) is 30.5 Å². The largest absolute Gasteiger partial charge is 0.358 e. The Kier molecular flexibility index (Phi) is 4.67. The lowest BCUT2D eigenvalue weighted by molar-refractivity contribution is -0.121. The molecule has 1 aliphatic rings. The number of carbonyl (C=O) groups is 2. The number of nitrogens with zero attached hydrogens (tertiary/aromatic N) is 4. The lowest BCUT2D eigenvalue weighted by Gasteiger charge is -2.26. The molecule has 0 atom stereocenters. The molecule has 2 amide bonds. The van der Waals surface area contributed by atoms with Gasteiger partial charge in [-0.1, -0.05) is 12.1 Å². The number of nitrogens with one attached hydrogen (secondary N) is 2. The van der Waals surface area contributed by atoms with E-state index >= 15 is 0 Å². The monoisotopic (exact) mass is 280 g/mol. The highest BCUT2D eigenvalue weighted by Gasteiger charge is 2.24. The van der Waals surface area contributed by atoms with Gasteiger partial charge in [0.15, 0.2) is 5.69 Å². The van der Waals surface area contributed by atoms with E-state index in [2.05, 4.69) is 20.9 Å². The first kappa shape index (κ1) is 14.4. The summed E-state index contributed by atoms with van der Waals surface area (Å²) in [5.41, 5.74) is 0.286. The van der Waals surface area contributed by atoms with E-state index in [1.807, 2.05) is 6.92 Å². The first-order valence-corrected chi connectivity index (χ1v) is 6.78. The minimum absolute atomic E-state index is 0.0427. The van der Waals surface area contributed by atoms with E-state index in [4.69, 9.17) is 0 Å². The van der Waals surface area contributed by atoms with Crippen molar-refractivity contribution in [2.75, 3.05) is 33.2 Å². The van der Waals surface area contributed by atoms with Crippen molar-refractivity contribution in [2.24, 2.45) is 0 Å². The van der Waals surface area contributed by atoms with E-state index < -0.39 is 0 Å². The van der Waals surface area contributed by atoms with Gasteiger partial charge < -0.3 is 15.5 Å². The Labute approximate surface area is 117 Å². The summed E-state index contributed by atoms with van der Waals surface area (Å²) >= 11 is 0. The highest BCUT2D eigenvalue weighted by molar-refractivity contribution is 5.94. The molecule has 0 aliphatic carbocycles. The average molecular weight is 280 g/mol. The summed E-state index contributed by atoms with van der Waals surface area (Å²) in [6, 6.07) is 0.266. The van der Waals surface area contributed by atoms with Gasteiger partial charge >= 0.3 is 0 Å². The van der Waals surface area contributed by atoms with E-state index in [0.29, 0.717) is 6.54 Å². The number of rotatable bonds is 6. The van der Waals surface area contributed by atoms with E-state index in [-0.39, 0.29) is 30.1 Å². The second kappa shape index (κ2) is 6.47. The molecule has 8 heteroatoms. The minimum Gasteiger partial charge on any atom is -0.358 e. The van der Waals surface area contributed by atoms with Crippen LogP contribution in [0, 0.1) is 0 Å². The second-order valence-electron chi connectivity index (χ2n) is 4.80. The molecule has 0 bridgehead atoms. The summed E-state index contributed by atoms with van der Waals surface area (Å²) in [5.74, 6) is -0.448. The second-order valence-corrected chi connectivity index (χ2v) is 4.80. The maximum atomic E-state index is 12.3. The summed E-state index contributed by atoms with van der Waals surface area (Å²) in [7, 11) is 1.55. The smallest absolute Gasteiger partial charge is 0.276 e. The van der Waals surface area contributed by atoms with Crippen LogP contribution in [0.25, 0.3) is 0 Å². The van der Waals surface area contributed by atoms with Crippen LogP contribution in [-0.4, -0.2) is 64.9 Å². The van der Waals surface area contributed by atoms with Crippen molar-refractivity contribution >= 4 is 11.8 Å². The van der Waals surface area contributed by atoms with Crippen molar-refractivity contribution < 1.29 is 9.59 Å². The Hall–Kier alpha value is -1.96. The molecule has 2 rings (SSSR count). The topological polar surface area (TPSA) is 92.2 Å². The van der Waals surface area contributed by atoms with Crippen molar-refractivity contribution in [1.29, 1.82) is 0 Å². The standard InChI is InChI=1S/C12H20N6O2/c1-3-4-17(8-11(19)13-2)12(20)10-7-18(16-15-10)9-5-14-6-9/h7,9,14H,3-6,8H2,1-2H3,(H,13,19). The number of likely N-dealkylation sites (N-methyl/N-ethyl adjacent to an activating group) is 1. The van der Waals surface area contributed by atoms with Crippen LogP contribution < -0.4 is 10.6 Å². The van der Waals surface area contributed by atoms with Crippen LogP contribution in [0.15, 0.2) is 6.20 Å². The van der Waals surface area contributed by atoms with Crippen LogP contribution in [0.5, 0.6) is 0 Å². The Morgan fingerprint density at radius 2 is 2.30 bits per heavy atom. The normalized spacial score (nSPS) is 14.7. The summed E-state index contributed by atoms with van der Waals surface area (Å²) in [4.78, 5) is 25.3. The predicted molar refractivity (Wildman–Crippen MR) is 72.2 cm³/mol. The number of hydrogen-bond donors (Lipinski definition) is 2. The van der Waals surface area contributed by atoms with E-state index in [1.54, 1.807) is 17.9 Å². The Morgan fingerprint density at radius 1 is 1.55 bits per heavy atom. The van der Waals surface area contributed by atoms with Gasteiger partial charge in [-0.2, -0.15) is 0 Å². The van der Waals surface area contributed by atoms with Crippen molar-refractivity contribution in [2.45, 2.75) is 19.4 Å². The molecule has 0 unspecified atom stereocenters. The van der Waals surface area contributed by atoms with E-state index in [1.165, 1.54) is 4.90 Å². The maximum Gasteiger partial charge on any atom is 0.276 e. The van der Waals surface area contributed by atoms with Crippen molar-refractivity contribution in [3.05, 3.63) is 11.9 Å². The summed E-state index contributed by atoms with van der Waals surface area (Å²) in [6.45, 7) is 4.20. The van der Waals surface area contributed by atoms with Crippen LogP contribution in [-0.2, 0) is 4.79 Å². The van der Waals surface area contributed by atoms with Crippen LogP contribution in [0.3, 0.4) is 0 Å². The molecule has 110 valence electrons. The summed E-state index contributed by atoms with van der Waals surface area (Å²) in [5, 5.41) is 13.6. The maximum absolute atomic E-state index is 12.3. The average Bonchev–Trinajstić information content (AvgIpc) is 2.84. The highest BCUT2D eigenvalue weighted by Crippen LogP contribution is 2.11. The van der Waals surface area contributed by atoms with Crippen LogP contribution in [0.2, 0.25) is 0 Å². The molecule has 0 spiro atoms. The molecule has 0 saturated carbocycles. The first-order valence-electron chi connectivity index (χ1n) is 6.78. The van der Waals surface area contributed by atoms with Crippen LogP contribution >= 0.6 is 0 Å². The minimum atomic E-state index is -0.256. The third-order valence-electron chi connectivity index (χ3n) is 3.26. The predicted octanol–water partition coefficient (Wildman–Crippen LogP) is -0.979.